The molecule has 1 fully saturated rings. The fourth-order valence-corrected chi connectivity index (χ4v) is 5.85. The lowest BCUT2D eigenvalue weighted by atomic mass is 9.86. The number of benzene rings is 2. The van der Waals surface area contributed by atoms with E-state index in [1.807, 2.05) is 48.5 Å². The first-order valence-corrected chi connectivity index (χ1v) is 17.8. The van der Waals surface area contributed by atoms with Gasteiger partial charge in [0.15, 0.2) is 5.75 Å². The Morgan fingerprint density at radius 1 is 0.979 bits per heavy atom. The van der Waals surface area contributed by atoms with Crippen molar-refractivity contribution >= 4 is 33.4 Å². The van der Waals surface area contributed by atoms with Gasteiger partial charge in [-0.05, 0) is 93.7 Å². The molecule has 48 heavy (non-hydrogen) atoms. The zero-order chi connectivity index (χ0) is 35.4. The molecule has 12 nitrogen and oxygen atoms in total. The number of ether oxygens (including phenoxy) is 3. The van der Waals surface area contributed by atoms with Gasteiger partial charge in [0.1, 0.15) is 17.7 Å². The average Bonchev–Trinajstić information content (AvgIpc) is 2.96. The van der Waals surface area contributed by atoms with Crippen LogP contribution in [0.15, 0.2) is 42.7 Å². The number of hydrogen-bond acceptors (Lipinski definition) is 9. The normalized spacial score (nSPS) is 14.3. The summed E-state index contributed by atoms with van der Waals surface area (Å²) in [7, 11) is -2.21. The number of methoxy groups -OCH3 is 1. The Hall–Kier alpha value is -4.39. The number of sulfonamides is 1. The minimum atomic E-state index is -3.62. The van der Waals surface area contributed by atoms with Crippen LogP contribution in [0.3, 0.4) is 0 Å². The molecule has 1 saturated heterocycles. The Labute approximate surface area is 283 Å². The van der Waals surface area contributed by atoms with Crippen molar-refractivity contribution in [2.24, 2.45) is 5.92 Å². The third kappa shape index (κ3) is 10.1. The molecule has 260 valence electrons. The molecule has 1 aliphatic rings. The van der Waals surface area contributed by atoms with Crippen LogP contribution in [0.2, 0.25) is 0 Å². The van der Waals surface area contributed by atoms with E-state index in [4.69, 9.17) is 14.2 Å². The van der Waals surface area contributed by atoms with E-state index in [1.54, 1.807) is 41.3 Å². The minimum Gasteiger partial charge on any atom is -0.492 e. The number of amides is 2. The predicted octanol–water partition coefficient (Wildman–Crippen LogP) is 6.70. The van der Waals surface area contributed by atoms with Gasteiger partial charge in [0.2, 0.25) is 15.9 Å². The molecule has 1 aromatic heterocycles. The molecule has 13 heteroatoms. The Kier molecular flexibility index (Phi) is 10.9. The summed E-state index contributed by atoms with van der Waals surface area (Å²) < 4.78 is 43.9. The number of anilines is 2. The molecule has 0 saturated carbocycles. The fraction of sp³-hybridized carbons (Fsp3) is 0.486. The predicted molar refractivity (Wildman–Crippen MR) is 186 cm³/mol. The molecule has 2 N–H and O–H groups in total. The maximum Gasteiger partial charge on any atom is 0.410 e. The van der Waals surface area contributed by atoms with Crippen molar-refractivity contribution in [1.29, 1.82) is 0 Å². The summed E-state index contributed by atoms with van der Waals surface area (Å²) in [5.41, 5.74) is 2.42. The first-order valence-electron chi connectivity index (χ1n) is 15.9. The Balaban J connectivity index is 1.48. The molecule has 0 atom stereocenters. The van der Waals surface area contributed by atoms with Gasteiger partial charge in [-0.3, -0.25) is 9.52 Å². The van der Waals surface area contributed by atoms with Gasteiger partial charge in [0.25, 0.3) is 5.91 Å². The van der Waals surface area contributed by atoms with E-state index < -0.39 is 21.5 Å². The van der Waals surface area contributed by atoms with Gasteiger partial charge < -0.3 is 24.4 Å². The van der Waals surface area contributed by atoms with Gasteiger partial charge in [-0.25, -0.2) is 23.2 Å². The van der Waals surface area contributed by atoms with Gasteiger partial charge in [-0.2, -0.15) is 0 Å². The fourth-order valence-electron chi connectivity index (χ4n) is 5.29. The molecular formula is C35H47N5O7S. The highest BCUT2D eigenvalue weighted by molar-refractivity contribution is 7.92. The number of likely N-dealkylation sites (tertiary alicyclic amines) is 1. The zero-order valence-corrected chi connectivity index (χ0v) is 30.1. The maximum atomic E-state index is 13.5. The summed E-state index contributed by atoms with van der Waals surface area (Å²) in [6.07, 6.45) is 4.63. The van der Waals surface area contributed by atoms with E-state index in [0.29, 0.717) is 48.3 Å². The van der Waals surface area contributed by atoms with Crippen molar-refractivity contribution in [3.8, 4) is 17.4 Å². The van der Waals surface area contributed by atoms with E-state index in [9.17, 15) is 18.0 Å². The highest BCUT2D eigenvalue weighted by atomic mass is 32.2. The lowest BCUT2D eigenvalue weighted by Crippen LogP contribution is -2.42. The molecule has 1 aliphatic heterocycles. The number of rotatable bonds is 9. The largest absolute Gasteiger partial charge is 0.492 e. The van der Waals surface area contributed by atoms with Crippen LogP contribution in [0.5, 0.6) is 17.4 Å². The standard InChI is InChI=1S/C35H47N5O7S/c1-22-10-11-24(32(41)38-27-18-25(34(2,3)4)19-28(31(27)45-8)39-48(9,43)44)17-29(22)46-30-20-26(36-21-37-30)16-23-12-14-40(15-13-23)33(42)47-35(5,6)7/h10-11,17-21,23,39H,12-16H2,1-9H3,(H,38,41). The molecule has 0 radical (unpaired) electrons. The van der Waals surface area contributed by atoms with E-state index in [1.165, 1.54) is 13.4 Å². The van der Waals surface area contributed by atoms with Crippen molar-refractivity contribution in [3.63, 3.8) is 0 Å². The van der Waals surface area contributed by atoms with Gasteiger partial charge in [-0.15, -0.1) is 0 Å². The Bertz CT molecular complexity index is 1760. The topological polar surface area (TPSA) is 149 Å². The molecule has 2 heterocycles. The van der Waals surface area contributed by atoms with Crippen LogP contribution in [0.4, 0.5) is 16.2 Å². The Morgan fingerprint density at radius 3 is 2.25 bits per heavy atom. The second-order valence-corrected chi connectivity index (χ2v) is 16.0. The highest BCUT2D eigenvalue weighted by Crippen LogP contribution is 2.39. The molecular weight excluding hydrogens is 634 g/mol. The van der Waals surface area contributed by atoms with Crippen molar-refractivity contribution in [2.75, 3.05) is 36.5 Å². The summed E-state index contributed by atoms with van der Waals surface area (Å²) in [4.78, 5) is 36.5. The quantitative estimate of drug-likeness (QED) is 0.252. The molecule has 4 rings (SSSR count). The molecule has 2 amide bonds. The molecule has 0 bridgehead atoms. The van der Waals surface area contributed by atoms with Crippen LogP contribution in [-0.4, -0.2) is 67.3 Å². The van der Waals surface area contributed by atoms with Crippen molar-refractivity contribution < 1.29 is 32.2 Å². The first-order chi connectivity index (χ1) is 22.3. The maximum absolute atomic E-state index is 13.5. The first kappa shape index (κ1) is 36.4. The van der Waals surface area contributed by atoms with E-state index >= 15 is 0 Å². The van der Waals surface area contributed by atoms with Gasteiger partial charge >= 0.3 is 6.09 Å². The molecule has 0 unspecified atom stereocenters. The second-order valence-electron chi connectivity index (χ2n) is 14.2. The highest BCUT2D eigenvalue weighted by Gasteiger charge is 2.27. The van der Waals surface area contributed by atoms with Crippen LogP contribution in [0.1, 0.15) is 81.6 Å². The number of aromatic nitrogens is 2. The van der Waals surface area contributed by atoms with Crippen molar-refractivity contribution in [3.05, 3.63) is 65.1 Å². The lowest BCUT2D eigenvalue weighted by molar-refractivity contribution is 0.0184. The van der Waals surface area contributed by atoms with Crippen LogP contribution in [-0.2, 0) is 26.6 Å². The van der Waals surface area contributed by atoms with Gasteiger partial charge in [-0.1, -0.05) is 26.8 Å². The molecule has 3 aromatic rings. The third-order valence-electron chi connectivity index (χ3n) is 7.83. The summed E-state index contributed by atoms with van der Waals surface area (Å²) in [6.45, 7) is 14.7. The summed E-state index contributed by atoms with van der Waals surface area (Å²) in [5.74, 6) is 0.905. The number of carbonyl (C=O) groups is 2. The van der Waals surface area contributed by atoms with Crippen LogP contribution >= 0.6 is 0 Å². The van der Waals surface area contributed by atoms with Crippen LogP contribution in [0.25, 0.3) is 0 Å². The number of piperidine rings is 1. The van der Waals surface area contributed by atoms with Gasteiger partial charge in [0.05, 0.1) is 24.7 Å². The summed E-state index contributed by atoms with van der Waals surface area (Å²) in [5, 5.41) is 2.89. The SMILES string of the molecule is COc1c(NC(=O)c2ccc(C)c(Oc3cc(CC4CCN(C(=O)OC(C)(C)C)CC4)ncn3)c2)cc(C(C)(C)C)cc1NS(C)(=O)=O. The second kappa shape index (κ2) is 14.4. The monoisotopic (exact) mass is 681 g/mol. The number of nitrogens with zero attached hydrogens (tertiary/aromatic N) is 3. The van der Waals surface area contributed by atoms with E-state index in [-0.39, 0.29) is 22.9 Å². The van der Waals surface area contributed by atoms with Crippen molar-refractivity contribution in [1.82, 2.24) is 14.9 Å². The average molecular weight is 682 g/mol. The number of carbonyl (C=O) groups excluding carboxylic acids is 2. The lowest BCUT2D eigenvalue weighted by Gasteiger charge is -2.33. The van der Waals surface area contributed by atoms with E-state index in [2.05, 4.69) is 20.0 Å². The van der Waals surface area contributed by atoms with E-state index in [0.717, 1.165) is 35.9 Å². The van der Waals surface area contributed by atoms with Crippen LogP contribution < -0.4 is 19.5 Å². The van der Waals surface area contributed by atoms with Crippen molar-refractivity contribution in [2.45, 2.75) is 78.7 Å². The summed E-state index contributed by atoms with van der Waals surface area (Å²) in [6, 6.07) is 10.4. The number of hydrogen-bond donors (Lipinski definition) is 2. The van der Waals surface area contributed by atoms with Gasteiger partial charge in [0, 0.05) is 30.4 Å². The smallest absolute Gasteiger partial charge is 0.410 e. The number of nitrogens with one attached hydrogen (secondary N) is 2. The molecule has 0 aliphatic carbocycles. The third-order valence-corrected chi connectivity index (χ3v) is 8.42. The minimum absolute atomic E-state index is 0.189. The zero-order valence-electron chi connectivity index (χ0n) is 29.3. The Morgan fingerprint density at radius 2 is 1.65 bits per heavy atom. The van der Waals surface area contributed by atoms with Crippen LogP contribution in [0, 0.1) is 12.8 Å². The molecule has 0 spiro atoms. The molecule has 2 aromatic carbocycles. The summed E-state index contributed by atoms with van der Waals surface area (Å²) >= 11 is 0. The number of aryl methyl sites for hydroxylation is 1.